The Hall–Kier alpha value is -1.74. The Kier molecular flexibility index (Phi) is 6.78. The second-order valence-electron chi connectivity index (χ2n) is 8.38. The van der Waals surface area contributed by atoms with Gasteiger partial charge in [0.2, 0.25) is 0 Å². The highest BCUT2D eigenvalue weighted by Gasteiger charge is 2.43. The molecule has 156 valence electrons. The molecule has 29 heavy (non-hydrogen) atoms. The van der Waals surface area contributed by atoms with Gasteiger partial charge in [0, 0.05) is 24.5 Å². The van der Waals surface area contributed by atoms with Crippen molar-refractivity contribution in [3.8, 4) is 0 Å². The van der Waals surface area contributed by atoms with Crippen LogP contribution in [0.15, 0.2) is 36.4 Å². The highest BCUT2D eigenvalue weighted by molar-refractivity contribution is 6.28. The molecule has 4 rings (SSSR count). The maximum Gasteiger partial charge on any atom is 0.338 e. The lowest BCUT2D eigenvalue weighted by Crippen LogP contribution is -3.00. The van der Waals surface area contributed by atoms with Crippen molar-refractivity contribution in [1.82, 2.24) is 0 Å². The molecule has 2 fully saturated rings. The van der Waals surface area contributed by atoms with E-state index in [0.717, 1.165) is 15.8 Å². The van der Waals surface area contributed by atoms with Gasteiger partial charge in [0.1, 0.15) is 6.61 Å². The van der Waals surface area contributed by atoms with Crippen LogP contribution in [0.1, 0.15) is 42.5 Å². The highest BCUT2D eigenvalue weighted by atomic mass is 127. The summed E-state index contributed by atoms with van der Waals surface area (Å²) in [6, 6.07) is 7.03. The molecular formula is C22H27IN2O4. The van der Waals surface area contributed by atoms with Gasteiger partial charge >= 0.3 is 5.97 Å². The van der Waals surface area contributed by atoms with E-state index in [1.54, 1.807) is 24.3 Å². The van der Waals surface area contributed by atoms with Crippen molar-refractivity contribution in [2.24, 2.45) is 5.92 Å². The third-order valence-corrected chi connectivity index (χ3v) is 6.61. The lowest BCUT2D eigenvalue weighted by Gasteiger charge is -2.51. The van der Waals surface area contributed by atoms with Gasteiger partial charge in [-0.2, -0.15) is 0 Å². The van der Waals surface area contributed by atoms with Crippen molar-refractivity contribution < 1.29 is 47.6 Å². The highest BCUT2D eigenvalue weighted by Crippen LogP contribution is 2.36. The van der Waals surface area contributed by atoms with Crippen molar-refractivity contribution in [1.29, 1.82) is 0 Å². The van der Waals surface area contributed by atoms with Gasteiger partial charge in [-0.05, 0) is 49.9 Å². The fourth-order valence-electron chi connectivity index (χ4n) is 5.10. The van der Waals surface area contributed by atoms with Gasteiger partial charge in [-0.1, -0.05) is 0 Å². The topological polar surface area (TPSA) is 63.7 Å². The number of anilines is 1. The predicted molar refractivity (Wildman–Crippen MR) is 105 cm³/mol. The zero-order valence-electron chi connectivity index (χ0n) is 16.7. The Morgan fingerprint density at radius 2 is 1.69 bits per heavy atom. The molecule has 1 unspecified atom stereocenters. The number of carbonyl (C=O) groups is 3. The molecule has 0 radical (unpaired) electrons. The Balaban J connectivity index is 0.00000240. The van der Waals surface area contributed by atoms with E-state index in [1.165, 1.54) is 50.9 Å². The number of nitrogens with zero attached hydrogens (tertiary/aromatic N) is 2. The maximum atomic E-state index is 12.5. The summed E-state index contributed by atoms with van der Waals surface area (Å²) in [6.45, 7) is 2.94. The minimum absolute atomic E-state index is 0. The molecule has 7 heteroatoms. The van der Waals surface area contributed by atoms with E-state index >= 15 is 0 Å². The van der Waals surface area contributed by atoms with Crippen LogP contribution in [0, 0.1) is 5.92 Å². The fourth-order valence-corrected chi connectivity index (χ4v) is 5.10. The molecule has 0 bridgehead atoms. The second kappa shape index (κ2) is 8.95. The number of rotatable bonds is 4. The van der Waals surface area contributed by atoms with Gasteiger partial charge in [0.25, 0.3) is 11.8 Å². The van der Waals surface area contributed by atoms with Crippen molar-refractivity contribution in [3.63, 3.8) is 0 Å². The van der Waals surface area contributed by atoms with Crippen LogP contribution in [0.25, 0.3) is 0 Å². The van der Waals surface area contributed by atoms with Crippen molar-refractivity contribution in [2.75, 3.05) is 31.6 Å². The number of piperidine rings is 2. The Labute approximate surface area is 188 Å². The van der Waals surface area contributed by atoms with Crippen LogP contribution in [0.3, 0.4) is 0 Å². The molecule has 3 heterocycles. The van der Waals surface area contributed by atoms with Gasteiger partial charge < -0.3 is 33.2 Å². The first-order valence-electron chi connectivity index (χ1n) is 10.2. The third-order valence-electron chi connectivity index (χ3n) is 6.61. The lowest BCUT2D eigenvalue weighted by atomic mass is 9.82. The maximum absolute atomic E-state index is 12.5. The van der Waals surface area contributed by atoms with Crippen LogP contribution in [-0.4, -0.2) is 55.1 Å². The number of imide groups is 1. The van der Waals surface area contributed by atoms with E-state index in [-0.39, 0.29) is 41.8 Å². The molecule has 6 nitrogen and oxygen atoms in total. The summed E-state index contributed by atoms with van der Waals surface area (Å²) in [5.41, 5.74) is 0.895. The number of ether oxygens (including phenoxy) is 1. The number of quaternary nitrogens is 1. The lowest BCUT2D eigenvalue weighted by molar-refractivity contribution is -0.947. The average molecular weight is 510 g/mol. The molecule has 3 aliphatic rings. The first-order valence-corrected chi connectivity index (χ1v) is 10.2. The molecule has 1 aromatic rings. The summed E-state index contributed by atoms with van der Waals surface area (Å²) >= 11 is 0. The average Bonchev–Trinajstić information content (AvgIpc) is 3.03. The number of benzene rings is 1. The first kappa shape index (κ1) is 22.0. The molecule has 2 amide bonds. The summed E-state index contributed by atoms with van der Waals surface area (Å²) in [6.07, 6.45) is 8.58. The molecule has 0 spiro atoms. The zero-order valence-corrected chi connectivity index (χ0v) is 18.8. The van der Waals surface area contributed by atoms with E-state index in [1.807, 2.05) is 0 Å². The summed E-state index contributed by atoms with van der Waals surface area (Å²) in [7, 11) is 2.35. The monoisotopic (exact) mass is 510 g/mol. The van der Waals surface area contributed by atoms with E-state index in [2.05, 4.69) is 7.05 Å². The largest absolute Gasteiger partial charge is 1.00 e. The van der Waals surface area contributed by atoms with Gasteiger partial charge in [-0.3, -0.25) is 9.59 Å². The van der Waals surface area contributed by atoms with Crippen LogP contribution in [0.5, 0.6) is 0 Å². The van der Waals surface area contributed by atoms with Crippen molar-refractivity contribution >= 4 is 23.5 Å². The smallest absolute Gasteiger partial charge is 0.338 e. The molecule has 0 aliphatic carbocycles. The number of carbonyl (C=O) groups excluding carboxylic acids is 3. The third kappa shape index (κ3) is 4.40. The van der Waals surface area contributed by atoms with E-state index in [9.17, 15) is 14.4 Å². The standard InChI is InChI=1S/C22H27N2O4.HI/c1-24-13-3-2-6-19(24)17(5-4-14-24)15-28-22(27)16-7-9-18(10-8-16)23-20(25)11-12-21(23)26;/h7-12,17,19H,2-6,13-15H2,1H3;1H/q+1;/p-1/t17-,19+,24?;/m0./s1. The molecular weight excluding hydrogens is 483 g/mol. The quantitative estimate of drug-likeness (QED) is 0.241. The zero-order chi connectivity index (χ0) is 19.7. The molecule has 3 atom stereocenters. The fraction of sp³-hybridized carbons (Fsp3) is 0.500. The van der Waals surface area contributed by atoms with Crippen LogP contribution in [-0.2, 0) is 14.3 Å². The van der Waals surface area contributed by atoms with Crippen molar-refractivity contribution in [2.45, 2.75) is 38.1 Å². The normalized spacial score (nSPS) is 28.7. The summed E-state index contributed by atoms with van der Waals surface area (Å²) in [5.74, 6) is -0.662. The Bertz CT molecular complexity index is 801. The number of fused-ring (bicyclic) bond motifs is 1. The van der Waals surface area contributed by atoms with Crippen LogP contribution < -0.4 is 28.9 Å². The predicted octanol–water partition coefficient (Wildman–Crippen LogP) is -0.314. The van der Waals surface area contributed by atoms with E-state index in [4.69, 9.17) is 4.74 Å². The Morgan fingerprint density at radius 1 is 1.03 bits per heavy atom. The van der Waals surface area contributed by atoms with E-state index in [0.29, 0.717) is 29.8 Å². The first-order chi connectivity index (χ1) is 13.5. The number of hydrogen-bond acceptors (Lipinski definition) is 4. The van der Waals surface area contributed by atoms with Gasteiger partial charge in [0.05, 0.1) is 37.4 Å². The van der Waals surface area contributed by atoms with Gasteiger partial charge in [0.15, 0.2) is 0 Å². The number of amides is 2. The molecule has 1 aromatic carbocycles. The number of hydrogen-bond donors (Lipinski definition) is 0. The minimum atomic E-state index is -0.369. The van der Waals surface area contributed by atoms with Crippen LogP contribution in [0.2, 0.25) is 0 Å². The number of esters is 1. The van der Waals surface area contributed by atoms with Crippen molar-refractivity contribution in [3.05, 3.63) is 42.0 Å². The summed E-state index contributed by atoms with van der Waals surface area (Å²) in [4.78, 5) is 37.1. The van der Waals surface area contributed by atoms with E-state index < -0.39 is 0 Å². The minimum Gasteiger partial charge on any atom is -1.00 e. The molecule has 3 aliphatic heterocycles. The Morgan fingerprint density at radius 3 is 2.38 bits per heavy atom. The van der Waals surface area contributed by atoms with Crippen LogP contribution >= 0.6 is 0 Å². The number of halogens is 1. The SMILES string of the molecule is C[N+]12CCCC[C@@H]1[C@H](COC(=O)c1ccc(N3C(=O)C=CC3=O)cc1)CCC2.[I-]. The van der Waals surface area contributed by atoms with Gasteiger partial charge in [-0.25, -0.2) is 9.69 Å². The summed E-state index contributed by atoms with van der Waals surface area (Å²) < 4.78 is 6.79. The molecule has 0 N–H and O–H groups in total. The molecule has 0 saturated carbocycles. The van der Waals surface area contributed by atoms with Gasteiger partial charge in [-0.15, -0.1) is 0 Å². The van der Waals surface area contributed by atoms with Crippen LogP contribution in [0.4, 0.5) is 5.69 Å². The molecule has 0 aromatic heterocycles. The second-order valence-corrected chi connectivity index (χ2v) is 8.38. The summed E-state index contributed by atoms with van der Waals surface area (Å²) in [5, 5.41) is 0. The molecule has 2 saturated heterocycles.